The van der Waals surface area contributed by atoms with Gasteiger partial charge in [0.05, 0.1) is 5.69 Å². The van der Waals surface area contributed by atoms with Crippen molar-refractivity contribution in [3.63, 3.8) is 0 Å². The molecular formula is C14H21N5O3S. The Morgan fingerprint density at radius 2 is 2.04 bits per heavy atom. The zero-order valence-corrected chi connectivity index (χ0v) is 14.4. The summed E-state index contributed by atoms with van der Waals surface area (Å²) >= 11 is 0. The Labute approximate surface area is 135 Å². The molecule has 0 unspecified atom stereocenters. The normalized spacial score (nSPS) is 11.9. The Bertz CT molecular complexity index is 785. The summed E-state index contributed by atoms with van der Waals surface area (Å²) in [6, 6.07) is 1.33. The second kappa shape index (κ2) is 6.55. The van der Waals surface area contributed by atoms with Crippen molar-refractivity contribution in [3.8, 4) is 0 Å². The SMILES string of the molecule is Cc1n[nH]c(C)c1CCNC(=O)c1cc(S(=O)(=O)N(C)C)c[nH]1. The van der Waals surface area contributed by atoms with Crippen LogP contribution in [-0.4, -0.2) is 54.5 Å². The average Bonchev–Trinajstić information content (AvgIpc) is 3.09. The third-order valence-corrected chi connectivity index (χ3v) is 5.41. The minimum atomic E-state index is -3.55. The number of rotatable bonds is 6. The molecule has 0 radical (unpaired) electrons. The van der Waals surface area contributed by atoms with E-state index in [9.17, 15) is 13.2 Å². The molecule has 0 atom stereocenters. The molecule has 2 heterocycles. The second-order valence-electron chi connectivity index (χ2n) is 5.45. The smallest absolute Gasteiger partial charge is 0.267 e. The lowest BCUT2D eigenvalue weighted by Gasteiger charge is -2.08. The van der Waals surface area contributed by atoms with E-state index < -0.39 is 10.0 Å². The number of aryl methyl sites for hydroxylation is 2. The largest absolute Gasteiger partial charge is 0.356 e. The van der Waals surface area contributed by atoms with Crippen molar-refractivity contribution in [3.05, 3.63) is 34.9 Å². The summed E-state index contributed by atoms with van der Waals surface area (Å²) < 4.78 is 25.1. The number of aromatic nitrogens is 3. The van der Waals surface area contributed by atoms with Crippen LogP contribution in [-0.2, 0) is 16.4 Å². The second-order valence-corrected chi connectivity index (χ2v) is 7.61. The van der Waals surface area contributed by atoms with Crippen LogP contribution in [0.3, 0.4) is 0 Å². The van der Waals surface area contributed by atoms with Crippen LogP contribution in [0.5, 0.6) is 0 Å². The lowest BCUT2D eigenvalue weighted by Crippen LogP contribution is -2.26. The number of aromatic amines is 2. The molecule has 0 aliphatic heterocycles. The highest BCUT2D eigenvalue weighted by Crippen LogP contribution is 2.14. The van der Waals surface area contributed by atoms with Gasteiger partial charge < -0.3 is 10.3 Å². The standard InChI is InChI=1S/C14H21N5O3S/c1-9-12(10(2)18-17-9)5-6-15-14(20)13-7-11(8-16-13)23(21,22)19(3)4/h7-8,16H,5-6H2,1-4H3,(H,15,20)(H,17,18). The van der Waals surface area contributed by atoms with E-state index in [4.69, 9.17) is 0 Å². The van der Waals surface area contributed by atoms with E-state index in [0.717, 1.165) is 21.3 Å². The molecule has 0 aliphatic carbocycles. The van der Waals surface area contributed by atoms with Gasteiger partial charge in [0.1, 0.15) is 10.6 Å². The van der Waals surface area contributed by atoms with Crippen molar-refractivity contribution in [2.45, 2.75) is 25.2 Å². The molecule has 3 N–H and O–H groups in total. The predicted molar refractivity (Wildman–Crippen MR) is 85.8 cm³/mol. The van der Waals surface area contributed by atoms with E-state index >= 15 is 0 Å². The lowest BCUT2D eigenvalue weighted by atomic mass is 10.1. The predicted octanol–water partition coefficient (Wildman–Crippen LogP) is 0.577. The average molecular weight is 339 g/mol. The molecule has 0 saturated heterocycles. The summed E-state index contributed by atoms with van der Waals surface area (Å²) in [5.41, 5.74) is 3.19. The van der Waals surface area contributed by atoms with E-state index in [1.54, 1.807) is 0 Å². The zero-order chi connectivity index (χ0) is 17.2. The van der Waals surface area contributed by atoms with Gasteiger partial charge in [-0.2, -0.15) is 5.10 Å². The number of hydrogen-bond donors (Lipinski definition) is 3. The maximum absolute atomic E-state index is 12.1. The quantitative estimate of drug-likeness (QED) is 0.715. The highest BCUT2D eigenvalue weighted by molar-refractivity contribution is 7.89. The molecule has 0 aliphatic rings. The van der Waals surface area contributed by atoms with Gasteiger partial charge in [0.25, 0.3) is 5.91 Å². The molecule has 23 heavy (non-hydrogen) atoms. The van der Waals surface area contributed by atoms with Gasteiger partial charge in [-0.1, -0.05) is 0 Å². The first-order valence-corrected chi connectivity index (χ1v) is 8.57. The van der Waals surface area contributed by atoms with Crippen LogP contribution in [0.4, 0.5) is 0 Å². The fraction of sp³-hybridized carbons (Fsp3) is 0.429. The fourth-order valence-electron chi connectivity index (χ4n) is 2.20. The molecule has 0 aromatic carbocycles. The molecule has 8 nitrogen and oxygen atoms in total. The molecular weight excluding hydrogens is 318 g/mol. The van der Waals surface area contributed by atoms with Gasteiger partial charge in [-0.15, -0.1) is 0 Å². The number of hydrogen-bond acceptors (Lipinski definition) is 4. The van der Waals surface area contributed by atoms with E-state index in [2.05, 4.69) is 20.5 Å². The van der Waals surface area contributed by atoms with Gasteiger partial charge >= 0.3 is 0 Å². The maximum Gasteiger partial charge on any atom is 0.267 e. The third kappa shape index (κ3) is 3.62. The Kier molecular flexibility index (Phi) is 4.90. The van der Waals surface area contributed by atoms with Crippen LogP contribution in [0.2, 0.25) is 0 Å². The molecule has 0 saturated carbocycles. The molecule has 0 fully saturated rings. The molecule has 0 bridgehead atoms. The van der Waals surface area contributed by atoms with Crippen LogP contribution in [0.1, 0.15) is 27.4 Å². The van der Waals surface area contributed by atoms with E-state index in [-0.39, 0.29) is 16.5 Å². The number of carbonyl (C=O) groups is 1. The Morgan fingerprint density at radius 3 is 2.61 bits per heavy atom. The van der Waals surface area contributed by atoms with Gasteiger partial charge in [0, 0.05) is 32.5 Å². The summed E-state index contributed by atoms with van der Waals surface area (Å²) in [6.07, 6.45) is 1.97. The van der Waals surface area contributed by atoms with E-state index in [1.165, 1.54) is 26.4 Å². The molecule has 2 aromatic heterocycles. The Hall–Kier alpha value is -2.13. The molecule has 1 amide bonds. The first kappa shape index (κ1) is 17.2. The van der Waals surface area contributed by atoms with Gasteiger partial charge in [-0.05, 0) is 31.9 Å². The van der Waals surface area contributed by atoms with Gasteiger partial charge in [0.15, 0.2) is 0 Å². The number of sulfonamides is 1. The van der Waals surface area contributed by atoms with Crippen LogP contribution in [0.25, 0.3) is 0 Å². The highest BCUT2D eigenvalue weighted by Gasteiger charge is 2.20. The van der Waals surface area contributed by atoms with Crippen molar-refractivity contribution in [1.29, 1.82) is 0 Å². The van der Waals surface area contributed by atoms with Crippen molar-refractivity contribution in [2.75, 3.05) is 20.6 Å². The van der Waals surface area contributed by atoms with Crippen LogP contribution in [0, 0.1) is 13.8 Å². The monoisotopic (exact) mass is 339 g/mol. The zero-order valence-electron chi connectivity index (χ0n) is 13.6. The van der Waals surface area contributed by atoms with Gasteiger partial charge in [-0.3, -0.25) is 9.89 Å². The number of carbonyl (C=O) groups excluding carboxylic acids is 1. The third-order valence-electron chi connectivity index (χ3n) is 3.62. The maximum atomic E-state index is 12.1. The van der Waals surface area contributed by atoms with E-state index in [0.29, 0.717) is 13.0 Å². The van der Waals surface area contributed by atoms with E-state index in [1.807, 2.05) is 13.8 Å². The number of nitrogens with one attached hydrogen (secondary N) is 3. The highest BCUT2D eigenvalue weighted by atomic mass is 32.2. The summed E-state index contributed by atoms with van der Waals surface area (Å²) in [5.74, 6) is -0.344. The molecule has 9 heteroatoms. The van der Waals surface area contributed by atoms with Crippen LogP contribution >= 0.6 is 0 Å². The number of amides is 1. The fourth-order valence-corrected chi connectivity index (χ4v) is 3.10. The van der Waals surface area contributed by atoms with Gasteiger partial charge in [-0.25, -0.2) is 12.7 Å². The molecule has 2 aromatic rings. The lowest BCUT2D eigenvalue weighted by molar-refractivity contribution is 0.0949. The topological polar surface area (TPSA) is 111 Å². The van der Waals surface area contributed by atoms with Crippen LogP contribution < -0.4 is 5.32 Å². The molecule has 0 spiro atoms. The molecule has 2 rings (SSSR count). The first-order chi connectivity index (χ1) is 10.7. The van der Waals surface area contributed by atoms with Crippen molar-refractivity contribution < 1.29 is 13.2 Å². The van der Waals surface area contributed by atoms with Crippen molar-refractivity contribution >= 4 is 15.9 Å². The summed E-state index contributed by atoms with van der Waals surface area (Å²) in [7, 11) is -0.663. The summed E-state index contributed by atoms with van der Waals surface area (Å²) in [4.78, 5) is 14.8. The summed E-state index contributed by atoms with van der Waals surface area (Å²) in [6.45, 7) is 4.28. The first-order valence-electron chi connectivity index (χ1n) is 7.13. The minimum Gasteiger partial charge on any atom is -0.356 e. The minimum absolute atomic E-state index is 0.0640. The number of H-pyrrole nitrogens is 2. The number of nitrogens with zero attached hydrogens (tertiary/aromatic N) is 2. The summed E-state index contributed by atoms with van der Waals surface area (Å²) in [5, 5.41) is 9.77. The Morgan fingerprint density at radius 1 is 1.35 bits per heavy atom. The van der Waals surface area contributed by atoms with Crippen molar-refractivity contribution in [1.82, 2.24) is 24.8 Å². The Balaban J connectivity index is 1.98. The molecule has 126 valence electrons. The van der Waals surface area contributed by atoms with Crippen molar-refractivity contribution in [2.24, 2.45) is 0 Å². The van der Waals surface area contributed by atoms with Crippen LogP contribution in [0.15, 0.2) is 17.2 Å². The van der Waals surface area contributed by atoms with Gasteiger partial charge in [0.2, 0.25) is 10.0 Å².